The van der Waals surface area contributed by atoms with Crippen molar-refractivity contribution in [2.75, 3.05) is 0 Å². The molecule has 3 aromatic rings. The number of aromatic amines is 1. The standard InChI is InChI=1S/C14H13N3/c15-9-10-2-1-3-11(8-10)12-4-6-16-14-13(12)5-7-17-14/h1-8H,9,15H2,(H,16,17). The summed E-state index contributed by atoms with van der Waals surface area (Å²) in [5.74, 6) is 0. The van der Waals surface area contributed by atoms with Gasteiger partial charge in [0.2, 0.25) is 0 Å². The molecule has 0 bridgehead atoms. The number of nitrogens with one attached hydrogen (secondary N) is 1. The molecule has 0 fully saturated rings. The van der Waals surface area contributed by atoms with Crippen molar-refractivity contribution in [2.45, 2.75) is 6.54 Å². The summed E-state index contributed by atoms with van der Waals surface area (Å²) in [6.45, 7) is 0.565. The number of benzene rings is 1. The molecule has 1 aromatic carbocycles. The van der Waals surface area contributed by atoms with Crippen LogP contribution in [0.3, 0.4) is 0 Å². The maximum atomic E-state index is 5.67. The van der Waals surface area contributed by atoms with E-state index in [-0.39, 0.29) is 0 Å². The van der Waals surface area contributed by atoms with E-state index < -0.39 is 0 Å². The lowest BCUT2D eigenvalue weighted by Crippen LogP contribution is -1.95. The van der Waals surface area contributed by atoms with Gasteiger partial charge in [-0.2, -0.15) is 0 Å². The number of pyridine rings is 1. The maximum absolute atomic E-state index is 5.67. The van der Waals surface area contributed by atoms with E-state index in [2.05, 4.69) is 22.1 Å². The van der Waals surface area contributed by atoms with Crippen LogP contribution in [0.25, 0.3) is 22.2 Å². The summed E-state index contributed by atoms with van der Waals surface area (Å²) in [5.41, 5.74) is 10.1. The van der Waals surface area contributed by atoms with E-state index in [4.69, 9.17) is 5.73 Å². The second-order valence-corrected chi connectivity index (χ2v) is 4.00. The average molecular weight is 223 g/mol. The van der Waals surface area contributed by atoms with Gasteiger partial charge in [-0.1, -0.05) is 18.2 Å². The Morgan fingerprint density at radius 1 is 1.18 bits per heavy atom. The molecule has 0 aliphatic carbocycles. The van der Waals surface area contributed by atoms with Gasteiger partial charge in [0.15, 0.2) is 0 Å². The van der Waals surface area contributed by atoms with Crippen LogP contribution in [0.2, 0.25) is 0 Å². The van der Waals surface area contributed by atoms with Gasteiger partial charge in [-0.25, -0.2) is 4.98 Å². The van der Waals surface area contributed by atoms with E-state index in [0.29, 0.717) is 6.54 Å². The molecule has 0 radical (unpaired) electrons. The van der Waals surface area contributed by atoms with Crippen molar-refractivity contribution in [3.8, 4) is 11.1 Å². The minimum atomic E-state index is 0.565. The van der Waals surface area contributed by atoms with Crippen LogP contribution in [0, 0.1) is 0 Å². The lowest BCUT2D eigenvalue weighted by Gasteiger charge is -2.05. The van der Waals surface area contributed by atoms with Crippen LogP contribution in [-0.4, -0.2) is 9.97 Å². The average Bonchev–Trinajstić information content (AvgIpc) is 2.87. The monoisotopic (exact) mass is 223 g/mol. The van der Waals surface area contributed by atoms with Gasteiger partial charge in [-0.05, 0) is 34.9 Å². The van der Waals surface area contributed by atoms with E-state index in [1.165, 1.54) is 11.1 Å². The minimum absolute atomic E-state index is 0.565. The van der Waals surface area contributed by atoms with Gasteiger partial charge in [-0.15, -0.1) is 0 Å². The van der Waals surface area contributed by atoms with Crippen molar-refractivity contribution in [3.05, 3.63) is 54.4 Å². The second kappa shape index (κ2) is 4.03. The number of nitrogens with two attached hydrogens (primary N) is 1. The van der Waals surface area contributed by atoms with Crippen molar-refractivity contribution in [3.63, 3.8) is 0 Å². The number of H-pyrrole nitrogens is 1. The first-order valence-electron chi connectivity index (χ1n) is 5.60. The summed E-state index contributed by atoms with van der Waals surface area (Å²) in [7, 11) is 0. The van der Waals surface area contributed by atoms with Crippen LogP contribution in [0.1, 0.15) is 5.56 Å². The van der Waals surface area contributed by atoms with Gasteiger partial charge < -0.3 is 10.7 Å². The lowest BCUT2D eigenvalue weighted by atomic mass is 10.0. The normalized spacial score (nSPS) is 10.9. The topological polar surface area (TPSA) is 54.7 Å². The maximum Gasteiger partial charge on any atom is 0.137 e. The highest BCUT2D eigenvalue weighted by molar-refractivity contribution is 5.92. The molecule has 0 unspecified atom stereocenters. The first-order valence-corrected chi connectivity index (χ1v) is 5.60. The summed E-state index contributed by atoms with van der Waals surface area (Å²) < 4.78 is 0. The molecular weight excluding hydrogens is 210 g/mol. The third-order valence-electron chi connectivity index (χ3n) is 2.93. The van der Waals surface area contributed by atoms with Crippen LogP contribution in [0.5, 0.6) is 0 Å². The first kappa shape index (κ1) is 10.1. The van der Waals surface area contributed by atoms with Crippen LogP contribution in [-0.2, 0) is 6.54 Å². The first-order chi connectivity index (χ1) is 8.38. The second-order valence-electron chi connectivity index (χ2n) is 4.00. The van der Waals surface area contributed by atoms with Crippen molar-refractivity contribution in [1.82, 2.24) is 9.97 Å². The molecule has 0 spiro atoms. The molecule has 17 heavy (non-hydrogen) atoms. The summed E-state index contributed by atoms with van der Waals surface area (Å²) >= 11 is 0. The molecule has 0 amide bonds. The quantitative estimate of drug-likeness (QED) is 0.701. The highest BCUT2D eigenvalue weighted by Crippen LogP contribution is 2.27. The fraction of sp³-hybridized carbons (Fsp3) is 0.0714. The van der Waals surface area contributed by atoms with Gasteiger partial charge in [-0.3, -0.25) is 0 Å². The third-order valence-corrected chi connectivity index (χ3v) is 2.93. The number of nitrogens with zero attached hydrogens (tertiary/aromatic N) is 1. The summed E-state index contributed by atoms with van der Waals surface area (Å²) in [6.07, 6.45) is 3.73. The van der Waals surface area contributed by atoms with Crippen molar-refractivity contribution in [2.24, 2.45) is 5.73 Å². The Morgan fingerprint density at radius 2 is 2.12 bits per heavy atom. The molecular formula is C14H13N3. The largest absolute Gasteiger partial charge is 0.346 e. The molecule has 0 aliphatic rings. The Bertz CT molecular complexity index is 655. The predicted octanol–water partition coefficient (Wildman–Crippen LogP) is 2.69. The zero-order valence-electron chi connectivity index (χ0n) is 9.35. The van der Waals surface area contributed by atoms with Crippen LogP contribution < -0.4 is 5.73 Å². The van der Waals surface area contributed by atoms with E-state index >= 15 is 0 Å². The van der Waals surface area contributed by atoms with E-state index in [1.54, 1.807) is 0 Å². The SMILES string of the molecule is NCc1cccc(-c2ccnc3[nH]ccc23)c1. The number of hydrogen-bond donors (Lipinski definition) is 2. The molecule has 2 heterocycles. The Hall–Kier alpha value is -2.13. The van der Waals surface area contributed by atoms with Gasteiger partial charge in [0.1, 0.15) is 5.65 Å². The number of rotatable bonds is 2. The van der Waals surface area contributed by atoms with Crippen LogP contribution >= 0.6 is 0 Å². The van der Waals surface area contributed by atoms with Crippen molar-refractivity contribution < 1.29 is 0 Å². The Balaban J connectivity index is 2.23. The Labute approximate surface area is 99.3 Å². The van der Waals surface area contributed by atoms with Crippen LogP contribution in [0.15, 0.2) is 48.8 Å². The molecule has 2 aromatic heterocycles. The van der Waals surface area contributed by atoms with E-state index in [1.807, 2.05) is 36.7 Å². The highest BCUT2D eigenvalue weighted by Gasteiger charge is 2.05. The molecule has 0 saturated heterocycles. The molecule has 84 valence electrons. The number of aromatic nitrogens is 2. The summed E-state index contributed by atoms with van der Waals surface area (Å²) in [6, 6.07) is 12.4. The molecule has 3 nitrogen and oxygen atoms in total. The van der Waals surface area contributed by atoms with Crippen molar-refractivity contribution >= 4 is 11.0 Å². The molecule has 3 heteroatoms. The zero-order valence-corrected chi connectivity index (χ0v) is 9.35. The molecule has 3 N–H and O–H groups in total. The van der Waals surface area contributed by atoms with Crippen LogP contribution in [0.4, 0.5) is 0 Å². The number of fused-ring (bicyclic) bond motifs is 1. The Morgan fingerprint density at radius 3 is 3.00 bits per heavy atom. The zero-order chi connectivity index (χ0) is 11.7. The van der Waals surface area contributed by atoms with Gasteiger partial charge in [0, 0.05) is 24.3 Å². The summed E-state index contributed by atoms with van der Waals surface area (Å²) in [4.78, 5) is 7.41. The molecule has 0 aliphatic heterocycles. The smallest absolute Gasteiger partial charge is 0.137 e. The fourth-order valence-corrected chi connectivity index (χ4v) is 2.08. The van der Waals surface area contributed by atoms with E-state index in [9.17, 15) is 0 Å². The lowest BCUT2D eigenvalue weighted by molar-refractivity contribution is 1.07. The van der Waals surface area contributed by atoms with Gasteiger partial charge in [0.05, 0.1) is 0 Å². The molecule has 0 atom stereocenters. The highest BCUT2D eigenvalue weighted by atomic mass is 14.8. The fourth-order valence-electron chi connectivity index (χ4n) is 2.08. The van der Waals surface area contributed by atoms with Gasteiger partial charge >= 0.3 is 0 Å². The van der Waals surface area contributed by atoms with Gasteiger partial charge in [0.25, 0.3) is 0 Å². The third kappa shape index (κ3) is 1.70. The summed E-state index contributed by atoms with van der Waals surface area (Å²) in [5, 5.41) is 1.14. The molecule has 3 rings (SSSR count). The minimum Gasteiger partial charge on any atom is -0.346 e. The van der Waals surface area contributed by atoms with Crippen molar-refractivity contribution in [1.29, 1.82) is 0 Å². The number of hydrogen-bond acceptors (Lipinski definition) is 2. The Kier molecular flexibility index (Phi) is 2.38. The van der Waals surface area contributed by atoms with E-state index in [0.717, 1.165) is 16.6 Å². The predicted molar refractivity (Wildman–Crippen MR) is 69.4 cm³/mol. The molecule has 0 saturated carbocycles.